The Balaban J connectivity index is 1.82. The van der Waals surface area contributed by atoms with Crippen molar-refractivity contribution in [1.82, 2.24) is 4.98 Å². The van der Waals surface area contributed by atoms with Crippen molar-refractivity contribution in [2.75, 3.05) is 23.3 Å². The molecule has 0 atom stereocenters. The third kappa shape index (κ3) is 3.52. The molecular weight excluding hydrogens is 318 g/mol. The number of carbonyl (C=O) groups excluding carboxylic acids is 1. The van der Waals surface area contributed by atoms with Crippen LogP contribution in [0.5, 0.6) is 0 Å². The molecule has 0 aliphatic rings. The zero-order chi connectivity index (χ0) is 17.8. The first-order chi connectivity index (χ1) is 12.1. The van der Waals surface area contributed by atoms with Crippen LogP contribution in [0.4, 0.5) is 11.5 Å². The summed E-state index contributed by atoms with van der Waals surface area (Å²) in [4.78, 5) is 30.9. The standard InChI is InChI=1S/C19H19N3O3/c1-3-22(4-2)17-10-9-14(12-20-17)21-18(23)15-11-13-7-5-6-8-16(13)25-19(15)24/h5-12H,3-4H2,1-2H3,(H,21,23). The maximum atomic E-state index is 12.4. The summed E-state index contributed by atoms with van der Waals surface area (Å²) < 4.78 is 5.19. The summed E-state index contributed by atoms with van der Waals surface area (Å²) in [6.45, 7) is 5.82. The van der Waals surface area contributed by atoms with Gasteiger partial charge in [-0.05, 0) is 38.1 Å². The van der Waals surface area contributed by atoms with Gasteiger partial charge in [-0.3, -0.25) is 4.79 Å². The van der Waals surface area contributed by atoms with E-state index in [1.807, 2.05) is 12.1 Å². The van der Waals surface area contributed by atoms with Gasteiger partial charge in [0.15, 0.2) is 0 Å². The molecule has 0 radical (unpaired) electrons. The average Bonchev–Trinajstić information content (AvgIpc) is 2.63. The number of nitrogens with zero attached hydrogens (tertiary/aromatic N) is 2. The van der Waals surface area contributed by atoms with Gasteiger partial charge in [-0.1, -0.05) is 18.2 Å². The van der Waals surface area contributed by atoms with Crippen molar-refractivity contribution in [3.05, 3.63) is 64.6 Å². The molecule has 1 amide bonds. The van der Waals surface area contributed by atoms with E-state index in [2.05, 4.69) is 29.0 Å². The minimum absolute atomic E-state index is 0.0356. The van der Waals surface area contributed by atoms with Crippen LogP contribution >= 0.6 is 0 Å². The van der Waals surface area contributed by atoms with Gasteiger partial charge in [0.25, 0.3) is 5.91 Å². The molecule has 0 fully saturated rings. The number of carbonyl (C=O) groups is 1. The Labute approximate surface area is 145 Å². The second-order valence-electron chi connectivity index (χ2n) is 5.52. The highest BCUT2D eigenvalue weighted by Gasteiger charge is 2.14. The fraction of sp³-hybridized carbons (Fsp3) is 0.211. The number of hydrogen-bond acceptors (Lipinski definition) is 5. The van der Waals surface area contributed by atoms with E-state index >= 15 is 0 Å². The molecular formula is C19H19N3O3. The molecule has 2 aromatic heterocycles. The fourth-order valence-electron chi connectivity index (χ4n) is 2.61. The van der Waals surface area contributed by atoms with E-state index in [1.54, 1.807) is 30.5 Å². The van der Waals surface area contributed by atoms with Crippen LogP contribution < -0.4 is 15.8 Å². The normalized spacial score (nSPS) is 10.6. The van der Waals surface area contributed by atoms with Crippen molar-refractivity contribution >= 4 is 28.4 Å². The molecule has 6 nitrogen and oxygen atoms in total. The average molecular weight is 337 g/mol. The maximum Gasteiger partial charge on any atom is 0.349 e. The highest BCUT2D eigenvalue weighted by molar-refractivity contribution is 6.05. The van der Waals surface area contributed by atoms with Crippen LogP contribution in [0, 0.1) is 0 Å². The number of nitrogens with one attached hydrogen (secondary N) is 1. The third-order valence-corrected chi connectivity index (χ3v) is 3.98. The van der Waals surface area contributed by atoms with Gasteiger partial charge in [-0.2, -0.15) is 0 Å². The second-order valence-corrected chi connectivity index (χ2v) is 5.52. The van der Waals surface area contributed by atoms with Gasteiger partial charge in [-0.25, -0.2) is 9.78 Å². The molecule has 6 heteroatoms. The number of para-hydroxylation sites is 1. The monoisotopic (exact) mass is 337 g/mol. The first kappa shape index (κ1) is 16.7. The zero-order valence-electron chi connectivity index (χ0n) is 14.2. The van der Waals surface area contributed by atoms with Crippen LogP contribution in [0.1, 0.15) is 24.2 Å². The van der Waals surface area contributed by atoms with Gasteiger partial charge >= 0.3 is 5.63 Å². The summed E-state index contributed by atoms with van der Waals surface area (Å²) in [6, 6.07) is 12.2. The van der Waals surface area contributed by atoms with Gasteiger partial charge in [0, 0.05) is 18.5 Å². The molecule has 0 bridgehead atoms. The van der Waals surface area contributed by atoms with E-state index in [1.165, 1.54) is 6.07 Å². The summed E-state index contributed by atoms with van der Waals surface area (Å²) >= 11 is 0. The first-order valence-electron chi connectivity index (χ1n) is 8.17. The molecule has 0 saturated heterocycles. The Bertz CT molecular complexity index is 944. The van der Waals surface area contributed by atoms with Crippen molar-refractivity contribution in [2.45, 2.75) is 13.8 Å². The van der Waals surface area contributed by atoms with E-state index < -0.39 is 11.5 Å². The van der Waals surface area contributed by atoms with Crippen LogP contribution in [0.15, 0.2) is 57.9 Å². The van der Waals surface area contributed by atoms with Gasteiger partial charge < -0.3 is 14.6 Å². The minimum Gasteiger partial charge on any atom is -0.422 e. The Hall–Kier alpha value is -3.15. The van der Waals surface area contributed by atoms with Crippen molar-refractivity contribution in [3.63, 3.8) is 0 Å². The molecule has 25 heavy (non-hydrogen) atoms. The van der Waals surface area contributed by atoms with E-state index in [4.69, 9.17) is 4.42 Å². The van der Waals surface area contributed by atoms with E-state index in [0.29, 0.717) is 16.7 Å². The largest absolute Gasteiger partial charge is 0.422 e. The first-order valence-corrected chi connectivity index (χ1v) is 8.17. The van der Waals surface area contributed by atoms with Crippen molar-refractivity contribution in [1.29, 1.82) is 0 Å². The van der Waals surface area contributed by atoms with E-state index in [9.17, 15) is 9.59 Å². The van der Waals surface area contributed by atoms with Gasteiger partial charge in [0.1, 0.15) is 17.0 Å². The van der Waals surface area contributed by atoms with Crippen LogP contribution in [0.25, 0.3) is 11.0 Å². The van der Waals surface area contributed by atoms with Crippen molar-refractivity contribution < 1.29 is 9.21 Å². The van der Waals surface area contributed by atoms with E-state index in [-0.39, 0.29) is 5.56 Å². The summed E-state index contributed by atoms with van der Waals surface area (Å²) in [6.07, 6.45) is 1.58. The molecule has 128 valence electrons. The number of fused-ring (bicyclic) bond motifs is 1. The molecule has 1 N–H and O–H groups in total. The zero-order valence-corrected chi connectivity index (χ0v) is 14.2. The summed E-state index contributed by atoms with van der Waals surface area (Å²) in [5.41, 5.74) is 0.276. The fourth-order valence-corrected chi connectivity index (χ4v) is 2.61. The number of amides is 1. The highest BCUT2D eigenvalue weighted by Crippen LogP contribution is 2.16. The Kier molecular flexibility index (Phi) is 4.79. The predicted molar refractivity (Wildman–Crippen MR) is 98.2 cm³/mol. The lowest BCUT2D eigenvalue weighted by molar-refractivity contribution is 0.102. The Morgan fingerprint density at radius 1 is 1.16 bits per heavy atom. The number of pyridine rings is 1. The summed E-state index contributed by atoms with van der Waals surface area (Å²) in [7, 11) is 0. The van der Waals surface area contributed by atoms with Crippen molar-refractivity contribution in [3.8, 4) is 0 Å². The Morgan fingerprint density at radius 3 is 2.60 bits per heavy atom. The van der Waals surface area contributed by atoms with Crippen LogP contribution in [0.2, 0.25) is 0 Å². The maximum absolute atomic E-state index is 12.4. The van der Waals surface area contributed by atoms with Gasteiger partial charge in [0.2, 0.25) is 0 Å². The molecule has 3 rings (SSSR count). The smallest absolute Gasteiger partial charge is 0.349 e. The number of hydrogen-bond donors (Lipinski definition) is 1. The second kappa shape index (κ2) is 7.17. The molecule has 0 aliphatic heterocycles. The van der Waals surface area contributed by atoms with Gasteiger partial charge in [-0.15, -0.1) is 0 Å². The molecule has 1 aromatic carbocycles. The predicted octanol–water partition coefficient (Wildman–Crippen LogP) is 3.29. The lowest BCUT2D eigenvalue weighted by Crippen LogP contribution is -2.23. The summed E-state index contributed by atoms with van der Waals surface area (Å²) in [5, 5.41) is 3.38. The number of aromatic nitrogens is 1. The van der Waals surface area contributed by atoms with Crippen molar-refractivity contribution in [2.24, 2.45) is 0 Å². The lowest BCUT2D eigenvalue weighted by Gasteiger charge is -2.19. The topological polar surface area (TPSA) is 75.4 Å². The third-order valence-electron chi connectivity index (χ3n) is 3.98. The molecule has 2 heterocycles. The van der Waals surface area contributed by atoms with Crippen LogP contribution in [0.3, 0.4) is 0 Å². The molecule has 3 aromatic rings. The van der Waals surface area contributed by atoms with Gasteiger partial charge in [0.05, 0.1) is 11.9 Å². The van der Waals surface area contributed by atoms with E-state index in [0.717, 1.165) is 18.9 Å². The number of benzene rings is 1. The van der Waals surface area contributed by atoms with Crippen LogP contribution in [-0.4, -0.2) is 24.0 Å². The molecule has 0 spiro atoms. The lowest BCUT2D eigenvalue weighted by atomic mass is 10.2. The molecule has 0 saturated carbocycles. The van der Waals surface area contributed by atoms with Crippen LogP contribution in [-0.2, 0) is 0 Å². The minimum atomic E-state index is -0.663. The molecule has 0 aliphatic carbocycles. The highest BCUT2D eigenvalue weighted by atomic mass is 16.4. The quantitative estimate of drug-likeness (QED) is 0.723. The Morgan fingerprint density at radius 2 is 1.92 bits per heavy atom. The summed E-state index contributed by atoms with van der Waals surface area (Å²) in [5.74, 6) is 0.324. The molecule has 0 unspecified atom stereocenters. The SMILES string of the molecule is CCN(CC)c1ccc(NC(=O)c2cc3ccccc3oc2=O)cn1. The number of anilines is 2. The number of rotatable bonds is 5.